The molecular weight excluding hydrogens is 250 g/mol. The summed E-state index contributed by atoms with van der Waals surface area (Å²) in [4.78, 5) is 15.5. The van der Waals surface area contributed by atoms with E-state index in [4.69, 9.17) is 5.11 Å². The number of nitrogens with zero attached hydrogens (tertiary/aromatic N) is 1. The highest BCUT2D eigenvalue weighted by Gasteiger charge is 2.15. The van der Waals surface area contributed by atoms with E-state index >= 15 is 0 Å². The molecule has 5 nitrogen and oxygen atoms in total. The van der Waals surface area contributed by atoms with Crippen LogP contribution in [0.5, 0.6) is 0 Å². The second kappa shape index (κ2) is 7.33. The molecule has 102 valence electrons. The summed E-state index contributed by atoms with van der Waals surface area (Å²) in [6.07, 6.45) is 1.74. The Balaban J connectivity index is 2.07. The zero-order chi connectivity index (χ0) is 13.4. The molecule has 0 unspecified atom stereocenters. The van der Waals surface area contributed by atoms with E-state index in [1.165, 1.54) is 11.3 Å². The lowest BCUT2D eigenvalue weighted by Crippen LogP contribution is -2.36. The second-order valence-corrected chi connectivity index (χ2v) is 5.73. The number of carbonyl (C=O) groups is 1. The van der Waals surface area contributed by atoms with Crippen LogP contribution in [0.2, 0.25) is 0 Å². The Bertz CT molecular complexity index is 352. The van der Waals surface area contributed by atoms with Crippen molar-refractivity contribution in [3.63, 3.8) is 0 Å². The topological polar surface area (TPSA) is 74.2 Å². The Hall–Kier alpha value is -1.14. The summed E-state index contributed by atoms with van der Waals surface area (Å²) in [5.41, 5.74) is 2.54. The van der Waals surface area contributed by atoms with Gasteiger partial charge in [-0.2, -0.15) is 0 Å². The summed E-state index contributed by atoms with van der Waals surface area (Å²) in [7, 11) is 0. The SMILES string of the molecule is CC(C)(CO)CCCNC(=O)NCc1cscn1. The average Bonchev–Trinajstić information content (AvgIpc) is 2.85. The maximum Gasteiger partial charge on any atom is 0.315 e. The van der Waals surface area contributed by atoms with Gasteiger partial charge >= 0.3 is 6.03 Å². The third kappa shape index (κ3) is 5.97. The molecule has 0 aliphatic rings. The van der Waals surface area contributed by atoms with Gasteiger partial charge in [-0.1, -0.05) is 13.8 Å². The lowest BCUT2D eigenvalue weighted by atomic mass is 9.89. The van der Waals surface area contributed by atoms with Gasteiger partial charge in [0.25, 0.3) is 0 Å². The van der Waals surface area contributed by atoms with Crippen LogP contribution in [0.4, 0.5) is 4.79 Å². The Kier molecular flexibility index (Phi) is 6.07. The molecule has 0 saturated heterocycles. The number of aromatic nitrogens is 1. The molecule has 6 heteroatoms. The first kappa shape index (κ1) is 14.9. The van der Waals surface area contributed by atoms with Crippen LogP contribution in [0.15, 0.2) is 10.9 Å². The van der Waals surface area contributed by atoms with Crippen molar-refractivity contribution >= 4 is 17.4 Å². The smallest absolute Gasteiger partial charge is 0.315 e. The zero-order valence-corrected chi connectivity index (χ0v) is 11.7. The van der Waals surface area contributed by atoms with Gasteiger partial charge in [0.15, 0.2) is 0 Å². The van der Waals surface area contributed by atoms with Crippen LogP contribution in [0, 0.1) is 5.41 Å². The minimum atomic E-state index is -0.176. The fourth-order valence-electron chi connectivity index (χ4n) is 1.41. The number of amides is 2. The van der Waals surface area contributed by atoms with Gasteiger partial charge in [-0.25, -0.2) is 9.78 Å². The van der Waals surface area contributed by atoms with E-state index < -0.39 is 0 Å². The van der Waals surface area contributed by atoms with Crippen molar-refractivity contribution in [2.75, 3.05) is 13.2 Å². The van der Waals surface area contributed by atoms with Gasteiger partial charge < -0.3 is 15.7 Å². The summed E-state index contributed by atoms with van der Waals surface area (Å²) < 4.78 is 0. The van der Waals surface area contributed by atoms with Gasteiger partial charge in [-0.3, -0.25) is 0 Å². The van der Waals surface area contributed by atoms with Crippen LogP contribution >= 0.6 is 11.3 Å². The summed E-state index contributed by atoms with van der Waals surface area (Å²) in [5, 5.41) is 16.5. The van der Waals surface area contributed by atoms with Crippen molar-refractivity contribution in [3.05, 3.63) is 16.6 Å². The van der Waals surface area contributed by atoms with Crippen LogP contribution in [-0.2, 0) is 6.54 Å². The van der Waals surface area contributed by atoms with E-state index in [0.717, 1.165) is 18.5 Å². The molecule has 0 fully saturated rings. The molecule has 0 atom stereocenters. The standard InChI is InChI=1S/C12H21N3O2S/c1-12(2,8-16)4-3-5-13-11(17)14-6-10-7-18-9-15-10/h7,9,16H,3-6,8H2,1-2H3,(H2,13,14,17). The Morgan fingerprint density at radius 2 is 2.28 bits per heavy atom. The summed E-state index contributed by atoms with van der Waals surface area (Å²) in [6, 6.07) is -0.176. The molecule has 0 saturated carbocycles. The fraction of sp³-hybridized carbons (Fsp3) is 0.667. The predicted octanol–water partition coefficient (Wildman–Crippen LogP) is 1.74. The molecule has 0 bridgehead atoms. The number of rotatable bonds is 7. The van der Waals surface area contributed by atoms with Crippen LogP contribution < -0.4 is 10.6 Å². The van der Waals surface area contributed by atoms with Crippen LogP contribution in [0.1, 0.15) is 32.4 Å². The Labute approximate surface area is 112 Å². The maximum absolute atomic E-state index is 11.4. The molecule has 18 heavy (non-hydrogen) atoms. The molecule has 1 rings (SSSR count). The molecule has 0 aliphatic heterocycles. The molecule has 0 aliphatic carbocycles. The van der Waals surface area contributed by atoms with E-state index in [1.807, 2.05) is 19.2 Å². The monoisotopic (exact) mass is 271 g/mol. The average molecular weight is 271 g/mol. The highest BCUT2D eigenvalue weighted by molar-refractivity contribution is 7.07. The molecule has 0 aromatic carbocycles. The van der Waals surface area contributed by atoms with Gasteiger partial charge in [-0.05, 0) is 18.3 Å². The first-order chi connectivity index (χ1) is 8.53. The van der Waals surface area contributed by atoms with Gasteiger partial charge in [0.2, 0.25) is 0 Å². The van der Waals surface area contributed by atoms with Gasteiger partial charge in [0, 0.05) is 18.5 Å². The molecule has 0 spiro atoms. The van der Waals surface area contributed by atoms with Gasteiger partial charge in [-0.15, -0.1) is 11.3 Å². The number of aliphatic hydroxyl groups is 1. The lowest BCUT2D eigenvalue weighted by molar-refractivity contribution is 0.148. The van der Waals surface area contributed by atoms with Crippen LogP contribution in [0.3, 0.4) is 0 Å². The molecule has 1 aromatic heterocycles. The zero-order valence-electron chi connectivity index (χ0n) is 10.9. The number of hydrogen-bond donors (Lipinski definition) is 3. The van der Waals surface area contributed by atoms with Crippen LogP contribution in [0.25, 0.3) is 0 Å². The summed E-state index contributed by atoms with van der Waals surface area (Å²) >= 11 is 1.51. The molecule has 1 aromatic rings. The Morgan fingerprint density at radius 1 is 1.50 bits per heavy atom. The van der Waals surface area contributed by atoms with E-state index in [2.05, 4.69) is 15.6 Å². The summed E-state index contributed by atoms with van der Waals surface area (Å²) in [5.74, 6) is 0. The molecule has 2 amide bonds. The van der Waals surface area contributed by atoms with E-state index in [-0.39, 0.29) is 18.1 Å². The number of nitrogens with one attached hydrogen (secondary N) is 2. The van der Waals surface area contributed by atoms with E-state index in [0.29, 0.717) is 13.1 Å². The van der Waals surface area contributed by atoms with Crippen molar-refractivity contribution < 1.29 is 9.90 Å². The first-order valence-electron chi connectivity index (χ1n) is 6.03. The Morgan fingerprint density at radius 3 is 2.89 bits per heavy atom. The minimum absolute atomic E-state index is 0.0707. The predicted molar refractivity (Wildman–Crippen MR) is 72.5 cm³/mol. The lowest BCUT2D eigenvalue weighted by Gasteiger charge is -2.21. The summed E-state index contributed by atoms with van der Waals surface area (Å²) in [6.45, 7) is 5.26. The highest BCUT2D eigenvalue weighted by Crippen LogP contribution is 2.20. The van der Waals surface area contributed by atoms with Crippen molar-refractivity contribution in [2.45, 2.75) is 33.2 Å². The highest BCUT2D eigenvalue weighted by atomic mass is 32.1. The largest absolute Gasteiger partial charge is 0.396 e. The van der Waals surface area contributed by atoms with Crippen molar-refractivity contribution in [2.24, 2.45) is 5.41 Å². The molecule has 0 radical (unpaired) electrons. The van der Waals surface area contributed by atoms with E-state index in [9.17, 15) is 4.79 Å². The van der Waals surface area contributed by atoms with Gasteiger partial charge in [0.1, 0.15) is 0 Å². The quantitative estimate of drug-likeness (QED) is 0.661. The van der Waals surface area contributed by atoms with Gasteiger partial charge in [0.05, 0.1) is 17.7 Å². The van der Waals surface area contributed by atoms with Crippen molar-refractivity contribution in [3.8, 4) is 0 Å². The van der Waals surface area contributed by atoms with E-state index in [1.54, 1.807) is 5.51 Å². The second-order valence-electron chi connectivity index (χ2n) is 5.02. The number of hydrogen-bond acceptors (Lipinski definition) is 4. The van der Waals surface area contributed by atoms with Crippen LogP contribution in [-0.4, -0.2) is 29.3 Å². The minimum Gasteiger partial charge on any atom is -0.396 e. The third-order valence-corrected chi connectivity index (χ3v) is 3.29. The number of aliphatic hydroxyl groups excluding tert-OH is 1. The molecule has 3 N–H and O–H groups in total. The molecule has 1 heterocycles. The van der Waals surface area contributed by atoms with Crippen molar-refractivity contribution in [1.29, 1.82) is 0 Å². The normalized spacial score (nSPS) is 11.3. The number of carbonyl (C=O) groups excluding carboxylic acids is 1. The maximum atomic E-state index is 11.4. The number of thiazole rings is 1. The first-order valence-corrected chi connectivity index (χ1v) is 6.97. The fourth-order valence-corrected chi connectivity index (χ4v) is 1.96. The number of urea groups is 1. The van der Waals surface area contributed by atoms with Crippen molar-refractivity contribution in [1.82, 2.24) is 15.6 Å². The molecular formula is C12H21N3O2S. The third-order valence-electron chi connectivity index (χ3n) is 2.66.